The molecule has 1 aromatic carbocycles. The number of ether oxygens (including phenoxy) is 2. The minimum atomic E-state index is -1.97. The largest absolute Gasteiger partial charge is 0.458 e. The first-order chi connectivity index (χ1) is 34.2. The Morgan fingerprint density at radius 2 is 1.44 bits per heavy atom. The number of imide groups is 2. The van der Waals surface area contributed by atoms with E-state index >= 15 is 0 Å². The van der Waals surface area contributed by atoms with Crippen LogP contribution in [-0.2, 0) is 73.2 Å². The molecule has 6 heterocycles. The molecule has 0 bridgehead atoms. The molecule has 4 aliphatic heterocycles. The topological polar surface area (TPSA) is 305 Å². The van der Waals surface area contributed by atoms with E-state index in [1.165, 1.54) is 23.3 Å². The van der Waals surface area contributed by atoms with E-state index in [2.05, 4.69) is 21.3 Å². The van der Waals surface area contributed by atoms with Gasteiger partial charge in [-0.25, -0.2) is 14.6 Å². The van der Waals surface area contributed by atoms with E-state index in [0.29, 0.717) is 40.0 Å². The Morgan fingerprint density at radius 3 is 2.06 bits per heavy atom. The average molecular weight is 995 g/mol. The number of carbonyl (C=O) groups is 10. The van der Waals surface area contributed by atoms with Crippen molar-refractivity contribution >= 4 is 70.2 Å². The van der Waals surface area contributed by atoms with Crippen LogP contribution in [0.1, 0.15) is 62.3 Å². The van der Waals surface area contributed by atoms with Crippen molar-refractivity contribution < 1.29 is 62.5 Å². The summed E-state index contributed by atoms with van der Waals surface area (Å²) >= 11 is 0. The van der Waals surface area contributed by atoms with E-state index in [0.717, 1.165) is 34.1 Å². The molecule has 0 aliphatic carbocycles. The molecule has 0 saturated carbocycles. The van der Waals surface area contributed by atoms with Crippen molar-refractivity contribution in [3.05, 3.63) is 81.2 Å². The summed E-state index contributed by atoms with van der Waals surface area (Å²) in [6.07, 6.45) is 2.84. The number of aliphatic hydroxyl groups is 1. The van der Waals surface area contributed by atoms with Gasteiger partial charge in [0.05, 0.1) is 29.0 Å². The lowest BCUT2D eigenvalue weighted by atomic mass is 9.86. The molecular formula is C48H54N10O14. The highest BCUT2D eigenvalue weighted by molar-refractivity contribution is 6.13. The third-order valence-corrected chi connectivity index (χ3v) is 12.6. The number of fused-ring (bicyclic) bond motifs is 5. The first-order valence-corrected chi connectivity index (χ1v) is 23.2. The summed E-state index contributed by atoms with van der Waals surface area (Å²) in [6, 6.07) is 4.59. The summed E-state index contributed by atoms with van der Waals surface area (Å²) in [6.45, 7) is 3.98. The normalized spacial score (nSPS) is 17.4. The Bertz CT molecular complexity index is 2850. The van der Waals surface area contributed by atoms with Gasteiger partial charge in [-0.15, -0.1) is 0 Å². The van der Waals surface area contributed by atoms with E-state index < -0.39 is 82.6 Å². The van der Waals surface area contributed by atoms with Crippen molar-refractivity contribution in [2.75, 3.05) is 53.4 Å². The van der Waals surface area contributed by atoms with Gasteiger partial charge in [-0.05, 0) is 58.6 Å². The molecule has 24 nitrogen and oxygen atoms in total. The molecule has 24 heteroatoms. The summed E-state index contributed by atoms with van der Waals surface area (Å²) in [5.74, 6) is -5.38. The second kappa shape index (κ2) is 21.5. The molecule has 2 aromatic heterocycles. The fourth-order valence-electron chi connectivity index (χ4n) is 8.57. The highest BCUT2D eigenvalue weighted by Crippen LogP contribution is 2.40. The number of aromatic nitrogens is 2. The van der Waals surface area contributed by atoms with Gasteiger partial charge in [-0.1, -0.05) is 6.92 Å². The zero-order valence-corrected chi connectivity index (χ0v) is 40.2. The van der Waals surface area contributed by atoms with Gasteiger partial charge in [0.1, 0.15) is 24.4 Å². The second-order valence-corrected chi connectivity index (χ2v) is 17.8. The molecule has 5 N–H and O–H groups in total. The zero-order chi connectivity index (χ0) is 52.2. The Kier molecular flexibility index (Phi) is 15.4. The molecule has 380 valence electrons. The van der Waals surface area contributed by atoms with Crippen LogP contribution in [0.5, 0.6) is 5.75 Å². The monoisotopic (exact) mass is 994 g/mol. The van der Waals surface area contributed by atoms with Gasteiger partial charge in [0, 0.05) is 105 Å². The van der Waals surface area contributed by atoms with Crippen LogP contribution >= 0.6 is 0 Å². The highest BCUT2D eigenvalue weighted by atomic mass is 16.6. The number of hydrogen-bond acceptors (Lipinski definition) is 16. The SMILES string of the molecule is CC[C@@]1(O)C(=O)OCc2c1cc1n(c2=O)Cc2cc3c(CN(C)C)c(OC(=O)NCCNC(=O)[C@H](C)NC(=O)[C@H](C)NC(=O)CCC(=O)N(CCN4C(=O)C=CC4=O)CCN4C(=O)C=CC4=O)ccc3nc2-1. The molecule has 72 heavy (non-hydrogen) atoms. The van der Waals surface area contributed by atoms with E-state index in [1.807, 2.05) is 25.1 Å². The fraction of sp³-hybridized carbons (Fsp3) is 0.417. The Hall–Kier alpha value is -8.12. The number of nitrogens with one attached hydrogen (secondary N) is 4. The molecule has 3 aromatic rings. The predicted octanol–water partition coefficient (Wildman–Crippen LogP) is -1.19. The molecular weight excluding hydrogens is 941 g/mol. The van der Waals surface area contributed by atoms with Gasteiger partial charge in [-0.2, -0.15) is 0 Å². The number of carbonyl (C=O) groups excluding carboxylic acids is 10. The number of benzene rings is 1. The maximum absolute atomic E-state index is 13.7. The summed E-state index contributed by atoms with van der Waals surface area (Å²) in [7, 11) is 3.68. The first kappa shape index (κ1) is 51.7. The van der Waals surface area contributed by atoms with Gasteiger partial charge in [0.25, 0.3) is 29.2 Å². The molecule has 0 unspecified atom stereocenters. The Labute approximate surface area is 411 Å². The van der Waals surface area contributed by atoms with Crippen LogP contribution in [0.3, 0.4) is 0 Å². The minimum Gasteiger partial charge on any atom is -0.458 e. The maximum atomic E-state index is 13.7. The van der Waals surface area contributed by atoms with Crippen molar-refractivity contribution in [2.24, 2.45) is 0 Å². The van der Waals surface area contributed by atoms with Gasteiger partial charge in [0.2, 0.25) is 23.6 Å². The quantitative estimate of drug-likeness (QED) is 0.0395. The lowest BCUT2D eigenvalue weighted by Gasteiger charge is -2.31. The zero-order valence-electron chi connectivity index (χ0n) is 40.2. The van der Waals surface area contributed by atoms with E-state index in [4.69, 9.17) is 14.5 Å². The van der Waals surface area contributed by atoms with Crippen LogP contribution in [0.15, 0.2) is 53.4 Å². The fourth-order valence-corrected chi connectivity index (χ4v) is 8.57. The van der Waals surface area contributed by atoms with Gasteiger partial charge in [-0.3, -0.25) is 53.0 Å². The number of hydrogen-bond donors (Lipinski definition) is 5. The van der Waals surface area contributed by atoms with Crippen molar-refractivity contribution in [2.45, 2.75) is 77.4 Å². The average Bonchev–Trinajstić information content (AvgIpc) is 3.99. The molecule has 9 amide bonds. The molecule has 0 fully saturated rings. The molecule has 0 spiro atoms. The van der Waals surface area contributed by atoms with Crippen molar-refractivity contribution in [1.82, 2.24) is 50.4 Å². The van der Waals surface area contributed by atoms with E-state index in [9.17, 15) is 57.8 Å². The van der Waals surface area contributed by atoms with Crippen molar-refractivity contribution in [1.29, 1.82) is 0 Å². The molecule has 7 rings (SSSR count). The van der Waals surface area contributed by atoms with Crippen LogP contribution in [-0.4, -0.2) is 159 Å². The highest BCUT2D eigenvalue weighted by Gasteiger charge is 2.45. The van der Waals surface area contributed by atoms with Crippen LogP contribution < -0.4 is 31.6 Å². The van der Waals surface area contributed by atoms with Gasteiger partial charge < -0.3 is 50.2 Å². The lowest BCUT2D eigenvalue weighted by Crippen LogP contribution is -2.52. The number of nitrogens with zero attached hydrogens (tertiary/aromatic N) is 6. The summed E-state index contributed by atoms with van der Waals surface area (Å²) in [5, 5.41) is 22.0. The summed E-state index contributed by atoms with van der Waals surface area (Å²) < 4.78 is 12.4. The van der Waals surface area contributed by atoms with Crippen LogP contribution in [0.4, 0.5) is 4.79 Å². The third kappa shape index (κ3) is 10.9. The number of pyridine rings is 2. The predicted molar refractivity (Wildman–Crippen MR) is 252 cm³/mol. The van der Waals surface area contributed by atoms with Crippen LogP contribution in [0, 0.1) is 0 Å². The van der Waals surface area contributed by atoms with Crippen molar-refractivity contribution in [3.63, 3.8) is 0 Å². The number of cyclic esters (lactones) is 1. The summed E-state index contributed by atoms with van der Waals surface area (Å²) in [5.41, 5.74) is 0.904. The lowest BCUT2D eigenvalue weighted by molar-refractivity contribution is -0.172. The Balaban J connectivity index is 0.872. The molecule has 3 atom stereocenters. The van der Waals surface area contributed by atoms with Crippen LogP contribution in [0.2, 0.25) is 0 Å². The van der Waals surface area contributed by atoms with E-state index in [-0.39, 0.29) is 88.6 Å². The van der Waals surface area contributed by atoms with E-state index in [1.54, 1.807) is 25.1 Å². The van der Waals surface area contributed by atoms with Gasteiger partial charge in [0.15, 0.2) is 5.60 Å². The standard InChI is InChI=1S/C48H54N10O14/c1-6-48(70)32-22-34-42-28(23-58(34)45(67)31(32)25-71-46(48)68)21-29-30(24-54(4)5)35(8-7-33(29)53-42)72-47(69)50-16-15-49-43(65)26(2)52-44(66)27(3)51-36(59)9-10-37(60)55(17-19-56-38(61)11-12-39(56)62)18-20-57-40(63)13-14-41(57)64/h7-8,11-14,21-22,26-27,70H,6,9-10,15-20,23-25H2,1-5H3,(H,49,65)(H,50,69)(H,51,59)(H,52,66)/t26-,27-,48-/m0/s1. The maximum Gasteiger partial charge on any atom is 0.412 e. The molecule has 0 radical (unpaired) electrons. The number of esters is 1. The smallest absolute Gasteiger partial charge is 0.412 e. The number of rotatable bonds is 20. The molecule has 0 saturated heterocycles. The second-order valence-electron chi connectivity index (χ2n) is 17.8. The van der Waals surface area contributed by atoms with Gasteiger partial charge >= 0.3 is 12.1 Å². The van der Waals surface area contributed by atoms with Crippen molar-refractivity contribution in [3.8, 4) is 17.1 Å². The van der Waals surface area contributed by atoms with Crippen LogP contribution in [0.25, 0.3) is 22.3 Å². The first-order valence-electron chi connectivity index (χ1n) is 23.2. The minimum absolute atomic E-state index is 0.00985. The molecule has 4 aliphatic rings. The Morgan fingerprint density at radius 1 is 0.833 bits per heavy atom. The third-order valence-electron chi connectivity index (χ3n) is 12.6. The number of amides is 9. The summed E-state index contributed by atoms with van der Waals surface area (Å²) in [4.78, 5) is 149.